The number of nitrogens with zero attached hydrogens (tertiary/aromatic N) is 1. The molecule has 2 aromatic carbocycles. The summed E-state index contributed by atoms with van der Waals surface area (Å²) in [6.45, 7) is -0.300. The fraction of sp³-hybridized carbons (Fsp3) is 0.167. The van der Waals surface area contributed by atoms with E-state index < -0.39 is 11.9 Å². The van der Waals surface area contributed by atoms with Crippen LogP contribution in [0.25, 0.3) is 21.8 Å². The number of rotatable bonds is 5. The minimum Gasteiger partial charge on any atom is -0.497 e. The highest BCUT2D eigenvalue weighted by atomic mass is 16.5. The summed E-state index contributed by atoms with van der Waals surface area (Å²) in [5.41, 5.74) is 1.07. The first-order valence-electron chi connectivity index (χ1n) is 7.42. The molecule has 1 aromatic heterocycles. The van der Waals surface area contributed by atoms with Crippen molar-refractivity contribution in [3.8, 4) is 11.5 Å². The van der Waals surface area contributed by atoms with Gasteiger partial charge in [-0.1, -0.05) is 0 Å². The van der Waals surface area contributed by atoms with Crippen LogP contribution in [-0.2, 0) is 11.3 Å². The molecular weight excluding hydrogens is 326 g/mol. The third kappa shape index (κ3) is 2.80. The van der Waals surface area contributed by atoms with Gasteiger partial charge in [0.1, 0.15) is 11.5 Å². The molecule has 7 heteroatoms. The first-order chi connectivity index (χ1) is 12.0. The van der Waals surface area contributed by atoms with Gasteiger partial charge in [0.05, 0.1) is 30.6 Å². The zero-order valence-corrected chi connectivity index (χ0v) is 13.6. The number of pyridine rings is 1. The summed E-state index contributed by atoms with van der Waals surface area (Å²) in [5.74, 6) is -1.17. The van der Waals surface area contributed by atoms with Gasteiger partial charge < -0.3 is 19.7 Å². The number of carboxylic acids is 2. The van der Waals surface area contributed by atoms with Crippen molar-refractivity contribution in [1.82, 2.24) is 0 Å². The number of hydrogen-bond acceptors (Lipinski definition) is 4. The Morgan fingerprint density at radius 2 is 1.40 bits per heavy atom. The molecule has 0 fully saturated rings. The summed E-state index contributed by atoms with van der Waals surface area (Å²) in [7, 11) is 2.97. The van der Waals surface area contributed by atoms with Gasteiger partial charge in [0, 0.05) is 12.1 Å². The van der Waals surface area contributed by atoms with Crippen LogP contribution >= 0.6 is 0 Å². The van der Waals surface area contributed by atoms with E-state index in [9.17, 15) is 19.8 Å². The van der Waals surface area contributed by atoms with Crippen LogP contribution in [0.3, 0.4) is 0 Å². The highest BCUT2D eigenvalue weighted by molar-refractivity contribution is 6.12. The quantitative estimate of drug-likeness (QED) is 0.544. The highest BCUT2D eigenvalue weighted by Crippen LogP contribution is 2.30. The number of aromatic carboxylic acids is 1. The number of ether oxygens (including phenoxy) is 2. The lowest BCUT2D eigenvalue weighted by molar-refractivity contribution is -0.633. The zero-order chi connectivity index (χ0) is 18.1. The maximum Gasteiger partial charge on any atom is 0.370 e. The number of benzene rings is 2. The average Bonchev–Trinajstić information content (AvgIpc) is 2.59. The maximum absolute atomic E-state index is 12.0. The second-order valence-corrected chi connectivity index (χ2v) is 5.43. The van der Waals surface area contributed by atoms with Gasteiger partial charge in [-0.2, -0.15) is 4.57 Å². The van der Waals surface area contributed by atoms with E-state index in [1.165, 1.54) is 14.2 Å². The predicted molar refractivity (Wildman–Crippen MR) is 89.3 cm³/mol. The zero-order valence-electron chi connectivity index (χ0n) is 13.6. The van der Waals surface area contributed by atoms with Crippen molar-refractivity contribution in [2.75, 3.05) is 14.2 Å². The second kappa shape index (κ2) is 6.27. The summed E-state index contributed by atoms with van der Waals surface area (Å²) in [6, 6.07) is 9.84. The molecule has 0 saturated carbocycles. The molecule has 0 amide bonds. The van der Waals surface area contributed by atoms with Crippen molar-refractivity contribution in [1.29, 1.82) is 0 Å². The molecule has 0 unspecified atom stereocenters. The Labute approximate surface area is 142 Å². The molecule has 0 spiro atoms. The van der Waals surface area contributed by atoms with E-state index in [2.05, 4.69) is 0 Å². The molecule has 0 bridgehead atoms. The van der Waals surface area contributed by atoms with Crippen molar-refractivity contribution < 1.29 is 33.8 Å². The summed E-state index contributed by atoms with van der Waals surface area (Å²) >= 11 is 0. The smallest absolute Gasteiger partial charge is 0.370 e. The molecule has 1 heterocycles. The Kier molecular flexibility index (Phi) is 4.14. The molecule has 0 aliphatic heterocycles. The van der Waals surface area contributed by atoms with E-state index in [0.717, 1.165) is 0 Å². The van der Waals surface area contributed by atoms with Crippen LogP contribution in [-0.4, -0.2) is 36.4 Å². The molecule has 0 radical (unpaired) electrons. The fourth-order valence-corrected chi connectivity index (χ4v) is 2.97. The van der Waals surface area contributed by atoms with E-state index in [0.29, 0.717) is 33.3 Å². The van der Waals surface area contributed by atoms with Gasteiger partial charge >= 0.3 is 11.9 Å². The first-order valence-corrected chi connectivity index (χ1v) is 7.42. The summed E-state index contributed by atoms with van der Waals surface area (Å²) in [6.07, 6.45) is 0. The van der Waals surface area contributed by atoms with Crippen molar-refractivity contribution in [2.45, 2.75) is 6.54 Å². The number of carboxylic acid groups (broad SMARTS) is 2. The van der Waals surface area contributed by atoms with E-state index >= 15 is 0 Å². The molecule has 7 nitrogen and oxygen atoms in total. The van der Waals surface area contributed by atoms with Crippen molar-refractivity contribution in [3.63, 3.8) is 0 Å². The number of hydrogen-bond donors (Lipinski definition) is 2. The van der Waals surface area contributed by atoms with Crippen LogP contribution in [0, 0.1) is 0 Å². The predicted octanol–water partition coefficient (Wildman–Crippen LogP) is 2.08. The minimum absolute atomic E-state index is 0.0736. The van der Waals surface area contributed by atoms with Gasteiger partial charge in [-0.15, -0.1) is 0 Å². The van der Waals surface area contributed by atoms with Crippen LogP contribution in [0.4, 0.5) is 0 Å². The molecule has 128 valence electrons. The number of aromatic nitrogens is 1. The van der Waals surface area contributed by atoms with Crippen LogP contribution in [0.1, 0.15) is 10.4 Å². The van der Waals surface area contributed by atoms with Gasteiger partial charge in [0.15, 0.2) is 0 Å². The Hall–Kier alpha value is -3.35. The Morgan fingerprint density at radius 1 is 0.920 bits per heavy atom. The molecule has 3 aromatic rings. The van der Waals surface area contributed by atoms with Gasteiger partial charge in [-0.25, -0.2) is 9.59 Å². The Morgan fingerprint density at radius 3 is 1.76 bits per heavy atom. The van der Waals surface area contributed by atoms with Crippen LogP contribution in [0.15, 0.2) is 36.4 Å². The molecule has 0 saturated heterocycles. The third-order valence-electron chi connectivity index (χ3n) is 4.03. The summed E-state index contributed by atoms with van der Waals surface area (Å²) in [4.78, 5) is 23.3. The van der Waals surface area contributed by atoms with Gasteiger partial charge in [-0.05, 0) is 24.3 Å². The number of aliphatic carboxylic acids is 1. The largest absolute Gasteiger partial charge is 0.497 e. The van der Waals surface area contributed by atoms with E-state index in [1.807, 2.05) is 0 Å². The minimum atomic E-state index is -1.11. The van der Waals surface area contributed by atoms with E-state index in [4.69, 9.17) is 9.47 Å². The van der Waals surface area contributed by atoms with Crippen molar-refractivity contribution >= 4 is 33.7 Å². The van der Waals surface area contributed by atoms with Crippen molar-refractivity contribution in [2.24, 2.45) is 0 Å². The second-order valence-electron chi connectivity index (χ2n) is 5.43. The third-order valence-corrected chi connectivity index (χ3v) is 4.03. The molecule has 2 N–H and O–H groups in total. The van der Waals surface area contributed by atoms with Gasteiger partial charge in [-0.3, -0.25) is 0 Å². The summed E-state index contributed by atoms with van der Waals surface area (Å²) < 4.78 is 12.0. The lowest BCUT2D eigenvalue weighted by atomic mass is 10.0. The number of carbonyl (C=O) groups is 2. The highest BCUT2D eigenvalue weighted by Gasteiger charge is 2.26. The van der Waals surface area contributed by atoms with Crippen LogP contribution in [0.5, 0.6) is 11.5 Å². The topological polar surface area (TPSA) is 96.9 Å². The lowest BCUT2D eigenvalue weighted by Gasteiger charge is -2.10. The molecular formula is C18H16NO6+. The molecule has 3 rings (SSSR count). The monoisotopic (exact) mass is 342 g/mol. The Balaban J connectivity index is 2.55. The maximum atomic E-state index is 12.0. The van der Waals surface area contributed by atoms with Gasteiger partial charge in [0.25, 0.3) is 0 Å². The molecule has 25 heavy (non-hydrogen) atoms. The first kappa shape index (κ1) is 16.5. The fourth-order valence-electron chi connectivity index (χ4n) is 2.97. The molecule has 0 aliphatic rings. The molecule has 0 atom stereocenters. The Bertz CT molecular complexity index is 947. The van der Waals surface area contributed by atoms with E-state index in [1.54, 1.807) is 41.0 Å². The van der Waals surface area contributed by atoms with Gasteiger partial charge in [0.2, 0.25) is 17.6 Å². The normalized spacial score (nSPS) is 10.8. The average molecular weight is 342 g/mol. The molecule has 0 aliphatic carbocycles. The van der Waals surface area contributed by atoms with Crippen LogP contribution in [0.2, 0.25) is 0 Å². The van der Waals surface area contributed by atoms with Crippen LogP contribution < -0.4 is 14.0 Å². The SMILES string of the molecule is COc1ccc2c(c1)c(C(=O)O)c1cc(OC)ccc1[n+]2CC(=O)O. The number of fused-ring (bicyclic) bond motifs is 2. The summed E-state index contributed by atoms with van der Waals surface area (Å²) in [5, 5.41) is 19.8. The lowest BCUT2D eigenvalue weighted by Crippen LogP contribution is -2.40. The van der Waals surface area contributed by atoms with Crippen molar-refractivity contribution in [3.05, 3.63) is 42.0 Å². The van der Waals surface area contributed by atoms with E-state index in [-0.39, 0.29) is 12.1 Å². The number of methoxy groups -OCH3 is 2. The standard InChI is InChI=1S/C18H15NO6/c1-24-10-3-5-14-12(7-10)17(18(22)23)13-8-11(25-2)4-6-15(13)19(14)9-16(20)21/h3-8H,9H2,1-2H3,(H-,20,21,22,23)/p+1.